The molecule has 1 unspecified atom stereocenters. The lowest BCUT2D eigenvalue weighted by atomic mass is 10.2. The zero-order valence-corrected chi connectivity index (χ0v) is 13.3. The van der Waals surface area contributed by atoms with Gasteiger partial charge in [0.1, 0.15) is 18.7 Å². The van der Waals surface area contributed by atoms with Gasteiger partial charge in [0, 0.05) is 13.0 Å². The first-order valence-corrected chi connectivity index (χ1v) is 7.76. The normalized spacial score (nSPS) is 24.7. The van der Waals surface area contributed by atoms with E-state index in [0.717, 1.165) is 5.57 Å². The minimum atomic E-state index is -0.719. The summed E-state index contributed by atoms with van der Waals surface area (Å²) in [5.74, 6) is 0.581. The van der Waals surface area contributed by atoms with Crippen molar-refractivity contribution in [2.24, 2.45) is 0 Å². The fourth-order valence-electron chi connectivity index (χ4n) is 2.63. The molecule has 0 bridgehead atoms. The van der Waals surface area contributed by atoms with E-state index in [1.54, 1.807) is 10.9 Å². The van der Waals surface area contributed by atoms with Gasteiger partial charge >= 0.3 is 0 Å². The molecule has 1 aliphatic heterocycles. The molecule has 4 N–H and O–H groups in total. The van der Waals surface area contributed by atoms with Crippen molar-refractivity contribution < 1.29 is 20.1 Å². The maximum atomic E-state index is 9.89. The maximum Gasteiger partial charge on any atom is 0.167 e. The Morgan fingerprint density at radius 3 is 2.96 bits per heavy atom. The third-order valence-electron chi connectivity index (χ3n) is 4.02. The van der Waals surface area contributed by atoms with Gasteiger partial charge in [-0.1, -0.05) is 11.6 Å². The van der Waals surface area contributed by atoms with Gasteiger partial charge < -0.3 is 25.4 Å². The zero-order valence-electron chi connectivity index (χ0n) is 13.3. The Morgan fingerprint density at radius 2 is 2.25 bits per heavy atom. The molecule has 1 saturated heterocycles. The Kier molecular flexibility index (Phi) is 5.05. The van der Waals surface area contributed by atoms with Crippen LogP contribution in [0.2, 0.25) is 0 Å². The van der Waals surface area contributed by atoms with Crippen LogP contribution < -0.4 is 5.32 Å². The van der Waals surface area contributed by atoms with Crippen LogP contribution in [-0.4, -0.2) is 66.8 Å². The topological polar surface area (TPSA) is 126 Å². The third kappa shape index (κ3) is 3.24. The molecule has 2 aromatic rings. The van der Waals surface area contributed by atoms with E-state index in [1.807, 2.05) is 13.0 Å². The minimum absolute atomic E-state index is 0.0167. The Morgan fingerprint density at radius 1 is 1.42 bits per heavy atom. The summed E-state index contributed by atoms with van der Waals surface area (Å²) in [7, 11) is 0. The molecule has 9 heteroatoms. The highest BCUT2D eigenvalue weighted by Gasteiger charge is 2.35. The van der Waals surface area contributed by atoms with E-state index in [9.17, 15) is 10.2 Å². The third-order valence-corrected chi connectivity index (χ3v) is 4.02. The summed E-state index contributed by atoms with van der Waals surface area (Å²) >= 11 is 0. The fourth-order valence-corrected chi connectivity index (χ4v) is 2.63. The summed E-state index contributed by atoms with van der Waals surface area (Å²) in [6, 6.07) is 0. The molecular formula is C15H21N5O4. The van der Waals surface area contributed by atoms with Crippen molar-refractivity contribution in [1.29, 1.82) is 0 Å². The molecule has 0 aliphatic carbocycles. The number of imidazole rings is 1. The molecule has 3 heterocycles. The summed E-state index contributed by atoms with van der Waals surface area (Å²) in [5.41, 5.74) is 2.05. The lowest BCUT2D eigenvalue weighted by molar-refractivity contribution is -0.0432. The molecule has 9 nitrogen and oxygen atoms in total. The molecule has 24 heavy (non-hydrogen) atoms. The minimum Gasteiger partial charge on any atom is -0.394 e. The first-order chi connectivity index (χ1) is 11.6. The monoisotopic (exact) mass is 335 g/mol. The van der Waals surface area contributed by atoms with Crippen LogP contribution in [0, 0.1) is 0 Å². The van der Waals surface area contributed by atoms with Crippen LogP contribution in [0.1, 0.15) is 19.6 Å². The molecular weight excluding hydrogens is 314 g/mol. The molecule has 0 amide bonds. The van der Waals surface area contributed by atoms with Crippen LogP contribution in [0.25, 0.3) is 11.2 Å². The number of ether oxygens (including phenoxy) is 1. The van der Waals surface area contributed by atoms with Crippen molar-refractivity contribution in [3.8, 4) is 0 Å². The van der Waals surface area contributed by atoms with Crippen molar-refractivity contribution in [3.63, 3.8) is 0 Å². The first-order valence-electron chi connectivity index (χ1n) is 7.76. The van der Waals surface area contributed by atoms with E-state index in [2.05, 4.69) is 20.3 Å². The van der Waals surface area contributed by atoms with Gasteiger partial charge in [0.2, 0.25) is 0 Å². The van der Waals surface area contributed by atoms with E-state index in [4.69, 9.17) is 9.84 Å². The number of nitrogens with one attached hydrogen (secondary N) is 1. The van der Waals surface area contributed by atoms with Crippen molar-refractivity contribution in [1.82, 2.24) is 19.5 Å². The number of aliphatic hydroxyl groups excluding tert-OH is 3. The SMILES string of the molecule is C/C(=C\CNc1ncnc2c1ncn2C1C[C@H](O)[C@@H](CO)O1)CO. The van der Waals surface area contributed by atoms with Gasteiger partial charge in [-0.15, -0.1) is 0 Å². The fraction of sp³-hybridized carbons (Fsp3) is 0.533. The molecule has 2 aromatic heterocycles. The second-order valence-corrected chi connectivity index (χ2v) is 5.75. The lowest BCUT2D eigenvalue weighted by Gasteiger charge is -2.13. The number of hydrogen-bond acceptors (Lipinski definition) is 8. The lowest BCUT2D eigenvalue weighted by Crippen LogP contribution is -2.24. The van der Waals surface area contributed by atoms with Gasteiger partial charge in [-0.25, -0.2) is 15.0 Å². The smallest absolute Gasteiger partial charge is 0.167 e. The average molecular weight is 335 g/mol. The van der Waals surface area contributed by atoms with E-state index in [0.29, 0.717) is 29.9 Å². The molecule has 1 fully saturated rings. The summed E-state index contributed by atoms with van der Waals surface area (Å²) in [4.78, 5) is 12.8. The Balaban J connectivity index is 1.82. The predicted octanol–water partition coefficient (Wildman–Crippen LogP) is -0.183. The predicted molar refractivity (Wildman–Crippen MR) is 86.3 cm³/mol. The Hall–Kier alpha value is -2.07. The summed E-state index contributed by atoms with van der Waals surface area (Å²) in [6.45, 7) is 2.13. The van der Waals surface area contributed by atoms with Crippen molar-refractivity contribution in [3.05, 3.63) is 24.3 Å². The van der Waals surface area contributed by atoms with Crippen LogP contribution in [-0.2, 0) is 4.74 Å². The van der Waals surface area contributed by atoms with E-state index in [-0.39, 0.29) is 13.2 Å². The molecule has 0 saturated carbocycles. The van der Waals surface area contributed by atoms with Gasteiger partial charge in [0.25, 0.3) is 0 Å². The van der Waals surface area contributed by atoms with Gasteiger partial charge in [-0.2, -0.15) is 0 Å². The van der Waals surface area contributed by atoms with E-state index < -0.39 is 18.4 Å². The standard InChI is InChI=1S/C15H21N5O4/c1-9(5-21)2-3-16-14-13-15(18-7-17-14)20(8-19-13)12-4-10(23)11(6-22)24-12/h2,7-8,10-12,21-23H,3-6H2,1H3,(H,16,17,18)/b9-2+/t10-,11+,12?/m0/s1. The number of aromatic nitrogens is 4. The van der Waals surface area contributed by atoms with Gasteiger partial charge in [-0.05, 0) is 6.92 Å². The van der Waals surface area contributed by atoms with E-state index >= 15 is 0 Å². The molecule has 1 aliphatic rings. The van der Waals surface area contributed by atoms with Crippen LogP contribution in [0.3, 0.4) is 0 Å². The Labute approximate surface area is 138 Å². The Bertz CT molecular complexity index is 732. The molecule has 0 radical (unpaired) electrons. The molecule has 130 valence electrons. The van der Waals surface area contributed by atoms with Gasteiger partial charge in [0.05, 0.1) is 25.6 Å². The number of aliphatic hydroxyl groups is 3. The summed E-state index contributed by atoms with van der Waals surface area (Å²) in [6.07, 6.45) is 3.51. The first kappa shape index (κ1) is 16.8. The maximum absolute atomic E-state index is 9.89. The van der Waals surface area contributed by atoms with Crippen LogP contribution in [0.5, 0.6) is 0 Å². The number of hydrogen-bond donors (Lipinski definition) is 4. The number of nitrogens with zero attached hydrogens (tertiary/aromatic N) is 4. The van der Waals surface area contributed by atoms with Crippen LogP contribution >= 0.6 is 0 Å². The van der Waals surface area contributed by atoms with Gasteiger partial charge in [0.15, 0.2) is 17.0 Å². The molecule has 3 rings (SSSR count). The largest absolute Gasteiger partial charge is 0.394 e. The second kappa shape index (κ2) is 7.22. The molecule has 3 atom stereocenters. The van der Waals surface area contributed by atoms with Gasteiger partial charge in [-0.3, -0.25) is 4.57 Å². The number of rotatable bonds is 6. The van der Waals surface area contributed by atoms with Crippen molar-refractivity contribution in [2.75, 3.05) is 25.1 Å². The van der Waals surface area contributed by atoms with E-state index in [1.165, 1.54) is 6.33 Å². The average Bonchev–Trinajstić information content (AvgIpc) is 3.18. The number of anilines is 1. The van der Waals surface area contributed by atoms with Crippen LogP contribution in [0.4, 0.5) is 5.82 Å². The van der Waals surface area contributed by atoms with Crippen molar-refractivity contribution in [2.45, 2.75) is 31.8 Å². The molecule has 0 spiro atoms. The zero-order chi connectivity index (χ0) is 17.1. The molecule has 0 aromatic carbocycles. The van der Waals surface area contributed by atoms with Crippen LogP contribution in [0.15, 0.2) is 24.3 Å². The number of fused-ring (bicyclic) bond motifs is 1. The highest BCUT2D eigenvalue weighted by atomic mass is 16.5. The van der Waals surface area contributed by atoms with Crippen molar-refractivity contribution >= 4 is 17.0 Å². The summed E-state index contributed by atoms with van der Waals surface area (Å²) in [5, 5.41) is 31.2. The summed E-state index contributed by atoms with van der Waals surface area (Å²) < 4.78 is 7.38. The highest BCUT2D eigenvalue weighted by Crippen LogP contribution is 2.31. The quantitative estimate of drug-likeness (QED) is 0.536. The second-order valence-electron chi connectivity index (χ2n) is 5.75. The highest BCUT2D eigenvalue weighted by molar-refractivity contribution is 5.82.